The van der Waals surface area contributed by atoms with E-state index < -0.39 is 0 Å². The van der Waals surface area contributed by atoms with E-state index in [4.69, 9.17) is 19.5 Å². The smallest absolute Gasteiger partial charge is 0.262 e. The number of methoxy groups -OCH3 is 2. The molecule has 0 aliphatic carbocycles. The Balaban J connectivity index is 1.94. The van der Waals surface area contributed by atoms with Crippen LogP contribution in [0, 0.1) is 11.3 Å². The van der Waals surface area contributed by atoms with Gasteiger partial charge in [0.25, 0.3) is 5.91 Å². The van der Waals surface area contributed by atoms with Crippen LogP contribution < -0.4 is 19.5 Å². The summed E-state index contributed by atoms with van der Waals surface area (Å²) in [6.45, 7) is -0.156. The van der Waals surface area contributed by atoms with Crippen LogP contribution in [0.3, 0.4) is 0 Å². The number of rotatable bonds is 6. The van der Waals surface area contributed by atoms with Crippen molar-refractivity contribution in [2.75, 3.05) is 26.1 Å². The van der Waals surface area contributed by atoms with E-state index in [1.807, 2.05) is 6.07 Å². The predicted molar refractivity (Wildman–Crippen MR) is 84.8 cm³/mol. The van der Waals surface area contributed by atoms with E-state index in [-0.39, 0.29) is 12.5 Å². The highest BCUT2D eigenvalue weighted by atomic mass is 16.5. The lowest BCUT2D eigenvalue weighted by molar-refractivity contribution is -0.118. The predicted octanol–water partition coefficient (Wildman–Crippen LogP) is 2.59. The topological polar surface area (TPSA) is 80.6 Å². The van der Waals surface area contributed by atoms with E-state index in [0.717, 1.165) is 0 Å². The first kappa shape index (κ1) is 16.2. The van der Waals surface area contributed by atoms with Crippen molar-refractivity contribution in [1.82, 2.24) is 0 Å². The number of amides is 1. The first-order valence-corrected chi connectivity index (χ1v) is 6.80. The van der Waals surface area contributed by atoms with Crippen LogP contribution in [0.5, 0.6) is 17.2 Å². The molecule has 0 fully saturated rings. The number of ether oxygens (including phenoxy) is 3. The summed E-state index contributed by atoms with van der Waals surface area (Å²) < 4.78 is 15.7. The van der Waals surface area contributed by atoms with Crippen molar-refractivity contribution < 1.29 is 19.0 Å². The van der Waals surface area contributed by atoms with Crippen molar-refractivity contribution in [1.29, 1.82) is 5.26 Å². The fourth-order valence-corrected chi connectivity index (χ4v) is 1.84. The van der Waals surface area contributed by atoms with Crippen molar-refractivity contribution in [3.63, 3.8) is 0 Å². The van der Waals surface area contributed by atoms with E-state index in [1.54, 1.807) is 42.5 Å². The lowest BCUT2D eigenvalue weighted by atomic mass is 10.2. The number of nitrogens with zero attached hydrogens (tertiary/aromatic N) is 1. The van der Waals surface area contributed by atoms with Gasteiger partial charge in [0.2, 0.25) is 0 Å². The molecule has 0 aliphatic heterocycles. The molecule has 2 rings (SSSR count). The van der Waals surface area contributed by atoms with Crippen LogP contribution in [-0.4, -0.2) is 26.7 Å². The number of anilines is 1. The van der Waals surface area contributed by atoms with Gasteiger partial charge >= 0.3 is 0 Å². The van der Waals surface area contributed by atoms with Gasteiger partial charge in [0.15, 0.2) is 6.61 Å². The maximum absolute atomic E-state index is 11.9. The van der Waals surface area contributed by atoms with E-state index in [0.29, 0.717) is 28.5 Å². The zero-order chi connectivity index (χ0) is 16.7. The maximum atomic E-state index is 11.9. The van der Waals surface area contributed by atoms with Gasteiger partial charge in [-0.25, -0.2) is 0 Å². The molecule has 0 atom stereocenters. The van der Waals surface area contributed by atoms with Gasteiger partial charge in [-0.2, -0.15) is 5.26 Å². The lowest BCUT2D eigenvalue weighted by Gasteiger charge is -2.10. The summed E-state index contributed by atoms with van der Waals surface area (Å²) >= 11 is 0. The highest BCUT2D eigenvalue weighted by Gasteiger charge is 2.07. The molecule has 0 saturated heterocycles. The highest BCUT2D eigenvalue weighted by molar-refractivity contribution is 5.91. The number of nitriles is 1. The number of hydrogen-bond acceptors (Lipinski definition) is 5. The van der Waals surface area contributed by atoms with E-state index in [1.165, 1.54) is 14.2 Å². The van der Waals surface area contributed by atoms with E-state index in [2.05, 4.69) is 5.32 Å². The minimum Gasteiger partial charge on any atom is -0.496 e. The molecule has 0 unspecified atom stereocenters. The second-order valence-electron chi connectivity index (χ2n) is 4.57. The van der Waals surface area contributed by atoms with Crippen LogP contribution in [0.15, 0.2) is 42.5 Å². The molecule has 0 aliphatic rings. The number of nitrogens with one attached hydrogen (secondary N) is 1. The second-order valence-corrected chi connectivity index (χ2v) is 4.57. The van der Waals surface area contributed by atoms with Crippen LogP contribution >= 0.6 is 0 Å². The molecule has 0 radical (unpaired) electrons. The molecular weight excluding hydrogens is 296 g/mol. The Labute approximate surface area is 134 Å². The molecule has 0 spiro atoms. The zero-order valence-electron chi connectivity index (χ0n) is 12.8. The molecule has 6 heteroatoms. The normalized spacial score (nSPS) is 9.61. The molecule has 1 amide bonds. The molecule has 6 nitrogen and oxygen atoms in total. The van der Waals surface area contributed by atoms with Crippen LogP contribution in [0.4, 0.5) is 5.69 Å². The molecule has 118 valence electrons. The fraction of sp³-hybridized carbons (Fsp3) is 0.176. The molecule has 0 bridgehead atoms. The van der Waals surface area contributed by atoms with Crippen molar-refractivity contribution in [3.8, 4) is 23.3 Å². The summed E-state index contributed by atoms with van der Waals surface area (Å²) in [4.78, 5) is 11.9. The van der Waals surface area contributed by atoms with Gasteiger partial charge < -0.3 is 19.5 Å². The van der Waals surface area contributed by atoms with Gasteiger partial charge in [-0.3, -0.25) is 4.79 Å². The Bertz CT molecular complexity index is 698. The number of carbonyl (C=O) groups is 1. The standard InChI is InChI=1S/C17H16N2O4/c1-21-14-7-15(22-2)9-16(8-14)23-11-17(20)19-13-5-3-12(10-18)4-6-13/h3-9H,11H2,1-2H3,(H,19,20). The largest absolute Gasteiger partial charge is 0.496 e. The van der Waals surface area contributed by atoms with Crippen molar-refractivity contribution in [2.24, 2.45) is 0 Å². The molecule has 1 N–H and O–H groups in total. The van der Waals surface area contributed by atoms with E-state index in [9.17, 15) is 4.79 Å². The molecule has 0 aromatic heterocycles. The molecule has 0 heterocycles. The van der Waals surface area contributed by atoms with Gasteiger partial charge in [0, 0.05) is 23.9 Å². The minimum absolute atomic E-state index is 0.156. The van der Waals surface area contributed by atoms with Crippen molar-refractivity contribution >= 4 is 11.6 Å². The number of benzene rings is 2. The van der Waals surface area contributed by atoms with Gasteiger partial charge in [0.1, 0.15) is 17.2 Å². The van der Waals surface area contributed by atoms with Crippen LogP contribution in [0.25, 0.3) is 0 Å². The van der Waals surface area contributed by atoms with Gasteiger partial charge in [0.05, 0.1) is 25.9 Å². The van der Waals surface area contributed by atoms with Crippen LogP contribution in [-0.2, 0) is 4.79 Å². The van der Waals surface area contributed by atoms with Crippen molar-refractivity contribution in [3.05, 3.63) is 48.0 Å². The summed E-state index contributed by atoms with van der Waals surface area (Å²) in [5.74, 6) is 1.31. The fourth-order valence-electron chi connectivity index (χ4n) is 1.84. The van der Waals surface area contributed by atoms with Gasteiger partial charge in [-0.05, 0) is 24.3 Å². The van der Waals surface area contributed by atoms with E-state index >= 15 is 0 Å². The van der Waals surface area contributed by atoms with Gasteiger partial charge in [-0.1, -0.05) is 0 Å². The average Bonchev–Trinajstić information content (AvgIpc) is 2.60. The zero-order valence-corrected chi connectivity index (χ0v) is 12.8. The molecule has 0 saturated carbocycles. The minimum atomic E-state index is -0.309. The number of carbonyl (C=O) groups excluding carboxylic acids is 1. The molecule has 2 aromatic carbocycles. The van der Waals surface area contributed by atoms with Crippen LogP contribution in [0.1, 0.15) is 5.56 Å². The van der Waals surface area contributed by atoms with Crippen LogP contribution in [0.2, 0.25) is 0 Å². The SMILES string of the molecule is COc1cc(OC)cc(OCC(=O)Nc2ccc(C#N)cc2)c1. The third-order valence-corrected chi connectivity index (χ3v) is 2.99. The monoisotopic (exact) mass is 312 g/mol. The Morgan fingerprint density at radius 1 is 1.04 bits per heavy atom. The first-order valence-electron chi connectivity index (χ1n) is 6.80. The molecule has 23 heavy (non-hydrogen) atoms. The molecular formula is C17H16N2O4. The molecule has 2 aromatic rings. The average molecular weight is 312 g/mol. The quantitative estimate of drug-likeness (QED) is 0.886. The maximum Gasteiger partial charge on any atom is 0.262 e. The summed E-state index contributed by atoms with van der Waals surface area (Å²) in [6.07, 6.45) is 0. The third kappa shape index (κ3) is 4.64. The third-order valence-electron chi connectivity index (χ3n) is 2.99. The summed E-state index contributed by atoms with van der Waals surface area (Å²) in [7, 11) is 3.08. The number of hydrogen-bond donors (Lipinski definition) is 1. The van der Waals surface area contributed by atoms with Crippen molar-refractivity contribution in [2.45, 2.75) is 0 Å². The van der Waals surface area contributed by atoms with Gasteiger partial charge in [-0.15, -0.1) is 0 Å². The highest BCUT2D eigenvalue weighted by Crippen LogP contribution is 2.27. The summed E-state index contributed by atoms with van der Waals surface area (Å²) in [5, 5.41) is 11.4. The summed E-state index contributed by atoms with van der Waals surface area (Å²) in [5.41, 5.74) is 1.13. The Morgan fingerprint density at radius 2 is 1.61 bits per heavy atom. The summed E-state index contributed by atoms with van der Waals surface area (Å²) in [6, 6.07) is 13.6. The second kappa shape index (κ2) is 7.71. The Morgan fingerprint density at radius 3 is 2.13 bits per heavy atom. The Kier molecular flexibility index (Phi) is 5.42. The first-order chi connectivity index (χ1) is 11.1. The Hall–Kier alpha value is -3.20. The lowest BCUT2D eigenvalue weighted by Crippen LogP contribution is -2.20.